The molecule has 1 aliphatic rings. The van der Waals surface area contributed by atoms with E-state index in [0.29, 0.717) is 43.9 Å². The third-order valence-electron chi connectivity index (χ3n) is 9.01. The molecule has 1 amide bonds. The molecule has 264 valence electrons. The van der Waals surface area contributed by atoms with Gasteiger partial charge in [0.1, 0.15) is 23.9 Å². The maximum Gasteiger partial charge on any atom is 0.246 e. The second-order valence-corrected chi connectivity index (χ2v) is 14.0. The van der Waals surface area contributed by atoms with Gasteiger partial charge in [0.25, 0.3) is 0 Å². The molecule has 0 saturated carbocycles. The van der Waals surface area contributed by atoms with Gasteiger partial charge in [0.15, 0.2) is 0 Å². The third-order valence-corrected chi connectivity index (χ3v) is 9.64. The fourth-order valence-electron chi connectivity index (χ4n) is 6.03. The van der Waals surface area contributed by atoms with E-state index in [1.165, 1.54) is 16.7 Å². The van der Waals surface area contributed by atoms with E-state index in [4.69, 9.17) is 14.2 Å². The van der Waals surface area contributed by atoms with Gasteiger partial charge in [0.05, 0.1) is 24.0 Å². The summed E-state index contributed by atoms with van der Waals surface area (Å²) in [6, 6.07) is 24.9. The van der Waals surface area contributed by atoms with Crippen molar-refractivity contribution in [2.45, 2.75) is 53.2 Å². The number of aryl methyl sites for hydroxylation is 2. The van der Waals surface area contributed by atoms with Gasteiger partial charge in [0.2, 0.25) is 11.8 Å². The average Bonchev–Trinajstić information content (AvgIpc) is 3.67. The molecule has 0 radical (unpaired) electrons. The number of pyridine rings is 1. The number of hydrogen-bond donors (Lipinski definition) is 0. The number of hydrogen-bond acceptors (Lipinski definition) is 8. The van der Waals surface area contributed by atoms with Crippen molar-refractivity contribution in [3.05, 3.63) is 135 Å². The third kappa shape index (κ3) is 10.3. The van der Waals surface area contributed by atoms with Crippen LogP contribution in [0.25, 0.3) is 6.08 Å². The van der Waals surface area contributed by atoms with Crippen molar-refractivity contribution >= 4 is 23.3 Å². The molecule has 1 fully saturated rings. The molecule has 9 heteroatoms. The number of benzene rings is 3. The summed E-state index contributed by atoms with van der Waals surface area (Å²) in [7, 11) is 0. The zero-order valence-electron chi connectivity index (χ0n) is 29.9. The van der Waals surface area contributed by atoms with Crippen LogP contribution >= 0.6 is 11.3 Å². The number of carbonyl (C=O) groups is 1. The Morgan fingerprint density at radius 1 is 0.863 bits per heavy atom. The molecule has 0 spiro atoms. The summed E-state index contributed by atoms with van der Waals surface area (Å²) in [6.07, 6.45) is 6.09. The van der Waals surface area contributed by atoms with Crippen molar-refractivity contribution in [2.24, 2.45) is 0 Å². The zero-order chi connectivity index (χ0) is 35.6. The number of thiazole rings is 1. The lowest BCUT2D eigenvalue weighted by atomic mass is 10.0. The van der Waals surface area contributed by atoms with Gasteiger partial charge in [-0.05, 0) is 89.6 Å². The van der Waals surface area contributed by atoms with E-state index in [1.807, 2.05) is 48.4 Å². The Balaban J connectivity index is 0.923. The van der Waals surface area contributed by atoms with Crippen LogP contribution in [0.1, 0.15) is 58.8 Å². The van der Waals surface area contributed by atoms with Gasteiger partial charge in [-0.15, -0.1) is 11.3 Å². The number of amides is 1. The van der Waals surface area contributed by atoms with Crippen LogP contribution in [0.4, 0.5) is 0 Å². The minimum atomic E-state index is 0.0361. The molecular weight excluding hydrogens is 657 g/mol. The van der Waals surface area contributed by atoms with Gasteiger partial charge in [-0.1, -0.05) is 50.2 Å². The molecule has 2 aromatic heterocycles. The van der Waals surface area contributed by atoms with Crippen LogP contribution in [0.3, 0.4) is 0 Å². The molecule has 51 heavy (non-hydrogen) atoms. The number of nitrogens with zero attached hydrogens (tertiary/aromatic N) is 4. The first-order valence-electron chi connectivity index (χ1n) is 17.5. The van der Waals surface area contributed by atoms with Gasteiger partial charge in [-0.3, -0.25) is 9.69 Å². The highest BCUT2D eigenvalue weighted by atomic mass is 32.1. The first-order chi connectivity index (χ1) is 24.8. The van der Waals surface area contributed by atoms with Crippen LogP contribution in [0, 0.1) is 13.8 Å². The molecule has 0 aliphatic carbocycles. The lowest BCUT2D eigenvalue weighted by Crippen LogP contribution is -2.47. The normalized spacial score (nSPS) is 13.5. The Labute approximate surface area is 305 Å². The van der Waals surface area contributed by atoms with Crippen molar-refractivity contribution in [3.8, 4) is 23.1 Å². The highest BCUT2D eigenvalue weighted by molar-refractivity contribution is 7.07. The summed E-state index contributed by atoms with van der Waals surface area (Å²) in [5, 5.41) is 1.96. The fourth-order valence-corrected chi connectivity index (χ4v) is 6.57. The second-order valence-electron chi connectivity index (χ2n) is 13.3. The minimum Gasteiger partial charge on any atom is -0.493 e. The average molecular weight is 703 g/mol. The Bertz CT molecular complexity index is 1860. The van der Waals surface area contributed by atoms with E-state index >= 15 is 0 Å². The number of carbonyl (C=O) groups excluding carboxylic acids is 1. The Kier molecular flexibility index (Phi) is 12.1. The summed E-state index contributed by atoms with van der Waals surface area (Å²) in [5.41, 5.74) is 9.44. The summed E-state index contributed by atoms with van der Waals surface area (Å²) in [4.78, 5) is 26.1. The molecule has 1 aliphatic heterocycles. The molecule has 0 N–H and O–H groups in total. The highest BCUT2D eigenvalue weighted by Gasteiger charge is 2.20. The molecular formula is C42H46N4O4S. The number of piperazine rings is 1. The number of aromatic nitrogens is 2. The molecule has 5 aromatic rings. The van der Waals surface area contributed by atoms with Gasteiger partial charge in [-0.25, -0.2) is 9.97 Å². The SMILES string of the molecule is Cc1cc(/C=C/C(=O)N2CCN(Cc3ccc(CCOc4ccc(C(C)C)cc4)cc3)CC2)cc(C)c1Oc1ccc(OCc2cscn2)cn1. The van der Waals surface area contributed by atoms with Crippen molar-refractivity contribution in [1.29, 1.82) is 0 Å². The topological polar surface area (TPSA) is 77.0 Å². The second kappa shape index (κ2) is 17.3. The lowest BCUT2D eigenvalue weighted by molar-refractivity contribution is -0.127. The Morgan fingerprint density at radius 2 is 1.57 bits per heavy atom. The van der Waals surface area contributed by atoms with Crippen molar-refractivity contribution in [1.82, 2.24) is 19.8 Å². The van der Waals surface area contributed by atoms with E-state index in [9.17, 15) is 4.79 Å². The van der Waals surface area contributed by atoms with Gasteiger partial charge < -0.3 is 19.1 Å². The maximum absolute atomic E-state index is 13.1. The van der Waals surface area contributed by atoms with Crippen LogP contribution in [0.15, 0.2) is 96.0 Å². The van der Waals surface area contributed by atoms with Crippen LogP contribution in [-0.2, 0) is 24.4 Å². The van der Waals surface area contributed by atoms with E-state index in [0.717, 1.165) is 59.9 Å². The molecule has 6 rings (SSSR count). The van der Waals surface area contributed by atoms with Crippen LogP contribution in [-0.4, -0.2) is 58.5 Å². The van der Waals surface area contributed by atoms with Crippen LogP contribution in [0.2, 0.25) is 0 Å². The minimum absolute atomic E-state index is 0.0361. The molecule has 3 heterocycles. The molecule has 0 atom stereocenters. The predicted octanol–water partition coefficient (Wildman–Crippen LogP) is 8.63. The van der Waals surface area contributed by atoms with Crippen molar-refractivity contribution in [2.75, 3.05) is 32.8 Å². The van der Waals surface area contributed by atoms with Gasteiger partial charge in [0, 0.05) is 56.7 Å². The van der Waals surface area contributed by atoms with E-state index in [2.05, 4.69) is 77.2 Å². The highest BCUT2D eigenvalue weighted by Crippen LogP contribution is 2.30. The monoisotopic (exact) mass is 702 g/mol. The number of rotatable bonds is 14. The molecule has 0 bridgehead atoms. The molecule has 3 aromatic carbocycles. The summed E-state index contributed by atoms with van der Waals surface area (Å²) in [5.74, 6) is 3.37. The Morgan fingerprint density at radius 3 is 2.22 bits per heavy atom. The summed E-state index contributed by atoms with van der Waals surface area (Å²) < 4.78 is 17.8. The predicted molar refractivity (Wildman–Crippen MR) is 204 cm³/mol. The molecule has 1 saturated heterocycles. The number of ether oxygens (including phenoxy) is 3. The maximum atomic E-state index is 13.1. The van der Waals surface area contributed by atoms with Crippen LogP contribution < -0.4 is 14.2 Å². The molecule has 8 nitrogen and oxygen atoms in total. The van der Waals surface area contributed by atoms with Crippen LogP contribution in [0.5, 0.6) is 23.1 Å². The largest absolute Gasteiger partial charge is 0.493 e. The van der Waals surface area contributed by atoms with Gasteiger partial charge >= 0.3 is 0 Å². The smallest absolute Gasteiger partial charge is 0.246 e. The lowest BCUT2D eigenvalue weighted by Gasteiger charge is -2.34. The van der Waals surface area contributed by atoms with Crippen molar-refractivity contribution in [3.63, 3.8) is 0 Å². The first-order valence-corrected chi connectivity index (χ1v) is 18.5. The summed E-state index contributed by atoms with van der Waals surface area (Å²) in [6.45, 7) is 13.5. The fraction of sp³-hybridized carbons (Fsp3) is 0.310. The van der Waals surface area contributed by atoms with Gasteiger partial charge in [-0.2, -0.15) is 0 Å². The van der Waals surface area contributed by atoms with E-state index in [-0.39, 0.29) is 5.91 Å². The summed E-state index contributed by atoms with van der Waals surface area (Å²) >= 11 is 1.54. The molecule has 0 unspecified atom stereocenters. The quantitative estimate of drug-likeness (QED) is 0.107. The zero-order valence-corrected chi connectivity index (χ0v) is 30.7. The van der Waals surface area contributed by atoms with Crippen molar-refractivity contribution < 1.29 is 19.0 Å². The first kappa shape index (κ1) is 35.8. The van der Waals surface area contributed by atoms with E-state index in [1.54, 1.807) is 35.2 Å². The Hall–Kier alpha value is -4.99. The standard InChI is InChI=1S/C42H46N4O4S/c1-30(2)36-10-12-38(13-11-36)48-22-17-33-5-7-34(8-6-33)26-45-18-20-46(21-19-45)41(47)16-9-35-23-31(3)42(32(4)24-35)50-40-15-14-39(25-43-40)49-27-37-28-51-29-44-37/h5-16,23-25,28-30H,17-22,26-27H2,1-4H3/b16-9+. The van der Waals surface area contributed by atoms with E-state index < -0.39 is 0 Å².